The predicted molar refractivity (Wildman–Crippen MR) is 77.2 cm³/mol. The van der Waals surface area contributed by atoms with Crippen LogP contribution in [-0.2, 0) is 0 Å². The maximum Gasteiger partial charge on any atom is 0.173 e. The van der Waals surface area contributed by atoms with Gasteiger partial charge in [0.2, 0.25) is 0 Å². The van der Waals surface area contributed by atoms with E-state index >= 15 is 0 Å². The van der Waals surface area contributed by atoms with Crippen molar-refractivity contribution < 1.29 is 0 Å². The molecular weight excluding hydrogens is 250 g/mol. The molecule has 0 aliphatic rings. The van der Waals surface area contributed by atoms with Crippen LogP contribution in [-0.4, -0.2) is 20.2 Å². The Morgan fingerprint density at radius 2 is 1.70 bits per heavy atom. The van der Waals surface area contributed by atoms with E-state index in [1.165, 1.54) is 0 Å². The molecule has 1 aromatic heterocycles. The number of hydrogen-bond acceptors (Lipinski definition) is 4. The monoisotopic (exact) mass is 265 g/mol. The van der Waals surface area contributed by atoms with Gasteiger partial charge < -0.3 is 5.73 Å². The molecule has 0 radical (unpaired) electrons. The van der Waals surface area contributed by atoms with Crippen LogP contribution in [0.1, 0.15) is 18.8 Å². The number of aromatic nitrogens is 4. The lowest BCUT2D eigenvalue weighted by molar-refractivity contribution is 0.689. The number of rotatable bonds is 3. The van der Waals surface area contributed by atoms with Crippen molar-refractivity contribution in [2.45, 2.75) is 13.0 Å². The number of nitrogens with two attached hydrogens (primary N) is 1. The maximum absolute atomic E-state index is 5.92. The smallest absolute Gasteiger partial charge is 0.173 e. The second kappa shape index (κ2) is 5.22. The van der Waals surface area contributed by atoms with E-state index in [0.717, 1.165) is 16.8 Å². The molecule has 1 heterocycles. The SMILES string of the molecule is CC(N)c1nnnn1-c1ccccc1-c1ccccc1. The molecule has 1 unspecified atom stereocenters. The summed E-state index contributed by atoms with van der Waals surface area (Å²) in [5.41, 5.74) is 9.04. The topological polar surface area (TPSA) is 69.6 Å². The molecule has 0 fully saturated rings. The van der Waals surface area contributed by atoms with Gasteiger partial charge in [0.25, 0.3) is 0 Å². The lowest BCUT2D eigenvalue weighted by Crippen LogP contribution is -2.13. The van der Waals surface area contributed by atoms with Gasteiger partial charge in [-0.05, 0) is 29.0 Å². The third-order valence-corrected chi connectivity index (χ3v) is 3.12. The fourth-order valence-electron chi connectivity index (χ4n) is 2.17. The second-order valence-electron chi connectivity index (χ2n) is 4.62. The molecule has 1 atom stereocenters. The predicted octanol–water partition coefficient (Wildman–Crippen LogP) is 2.35. The van der Waals surface area contributed by atoms with Crippen molar-refractivity contribution in [3.8, 4) is 16.8 Å². The van der Waals surface area contributed by atoms with Gasteiger partial charge in [-0.2, -0.15) is 4.68 Å². The minimum Gasteiger partial charge on any atom is -0.321 e. The van der Waals surface area contributed by atoms with E-state index in [0.29, 0.717) is 5.82 Å². The molecule has 0 aliphatic carbocycles. The Morgan fingerprint density at radius 1 is 1.00 bits per heavy atom. The Kier molecular flexibility index (Phi) is 3.26. The molecule has 5 heteroatoms. The van der Waals surface area contributed by atoms with E-state index in [2.05, 4.69) is 33.7 Å². The summed E-state index contributed by atoms with van der Waals surface area (Å²) in [6.45, 7) is 1.87. The molecule has 5 nitrogen and oxygen atoms in total. The van der Waals surface area contributed by atoms with Crippen molar-refractivity contribution in [1.82, 2.24) is 20.2 Å². The lowest BCUT2D eigenvalue weighted by Gasteiger charge is -2.12. The largest absolute Gasteiger partial charge is 0.321 e. The average Bonchev–Trinajstić information content (AvgIpc) is 2.98. The number of benzene rings is 2. The first kappa shape index (κ1) is 12.5. The van der Waals surface area contributed by atoms with Crippen LogP contribution in [0.2, 0.25) is 0 Å². The van der Waals surface area contributed by atoms with Crippen LogP contribution < -0.4 is 5.73 Å². The van der Waals surface area contributed by atoms with E-state index in [1.54, 1.807) is 4.68 Å². The van der Waals surface area contributed by atoms with Crippen LogP contribution in [0.25, 0.3) is 16.8 Å². The summed E-state index contributed by atoms with van der Waals surface area (Å²) in [7, 11) is 0. The zero-order valence-electron chi connectivity index (χ0n) is 11.1. The van der Waals surface area contributed by atoms with Crippen LogP contribution in [0.4, 0.5) is 0 Å². The summed E-state index contributed by atoms with van der Waals surface area (Å²) in [4.78, 5) is 0. The van der Waals surface area contributed by atoms with E-state index < -0.39 is 0 Å². The Labute approximate surface area is 117 Å². The molecular formula is C15H15N5. The van der Waals surface area contributed by atoms with Crippen LogP contribution in [0.5, 0.6) is 0 Å². The second-order valence-corrected chi connectivity index (χ2v) is 4.62. The highest BCUT2D eigenvalue weighted by atomic mass is 15.5. The molecule has 100 valence electrons. The van der Waals surface area contributed by atoms with Crippen LogP contribution in [0.3, 0.4) is 0 Å². The molecule has 3 aromatic rings. The zero-order valence-corrected chi connectivity index (χ0v) is 11.1. The molecule has 3 rings (SSSR count). The van der Waals surface area contributed by atoms with Gasteiger partial charge in [-0.3, -0.25) is 0 Å². The summed E-state index contributed by atoms with van der Waals surface area (Å²) in [6.07, 6.45) is 0. The summed E-state index contributed by atoms with van der Waals surface area (Å²) >= 11 is 0. The van der Waals surface area contributed by atoms with Gasteiger partial charge >= 0.3 is 0 Å². The maximum atomic E-state index is 5.92. The quantitative estimate of drug-likeness (QED) is 0.789. The lowest BCUT2D eigenvalue weighted by atomic mass is 10.0. The van der Waals surface area contributed by atoms with E-state index in [-0.39, 0.29) is 6.04 Å². The minimum absolute atomic E-state index is 0.228. The number of hydrogen-bond donors (Lipinski definition) is 1. The third kappa shape index (κ3) is 2.19. The Morgan fingerprint density at radius 3 is 2.45 bits per heavy atom. The first-order valence-corrected chi connectivity index (χ1v) is 6.46. The number of tetrazole rings is 1. The van der Waals surface area contributed by atoms with Gasteiger partial charge in [-0.15, -0.1) is 5.10 Å². The molecule has 0 amide bonds. The van der Waals surface area contributed by atoms with E-state index in [9.17, 15) is 0 Å². The van der Waals surface area contributed by atoms with Gasteiger partial charge in [0, 0.05) is 5.56 Å². The summed E-state index contributed by atoms with van der Waals surface area (Å²) in [5.74, 6) is 0.647. The van der Waals surface area contributed by atoms with Crippen LogP contribution in [0.15, 0.2) is 54.6 Å². The number of para-hydroxylation sites is 1. The Balaban J connectivity index is 2.18. The van der Waals surface area contributed by atoms with Crippen molar-refractivity contribution in [1.29, 1.82) is 0 Å². The highest BCUT2D eigenvalue weighted by Crippen LogP contribution is 2.27. The zero-order chi connectivity index (χ0) is 13.9. The van der Waals surface area contributed by atoms with E-state index in [4.69, 9.17) is 5.73 Å². The summed E-state index contributed by atoms with van der Waals surface area (Å²) in [6, 6.07) is 17.9. The molecule has 20 heavy (non-hydrogen) atoms. The molecule has 0 saturated heterocycles. The van der Waals surface area contributed by atoms with Crippen molar-refractivity contribution in [2.75, 3.05) is 0 Å². The molecule has 0 bridgehead atoms. The van der Waals surface area contributed by atoms with Crippen molar-refractivity contribution in [2.24, 2.45) is 5.73 Å². The fraction of sp³-hybridized carbons (Fsp3) is 0.133. The van der Waals surface area contributed by atoms with Gasteiger partial charge in [0.15, 0.2) is 5.82 Å². The summed E-state index contributed by atoms with van der Waals surface area (Å²) in [5, 5.41) is 11.8. The molecule has 0 saturated carbocycles. The third-order valence-electron chi connectivity index (χ3n) is 3.12. The van der Waals surface area contributed by atoms with Gasteiger partial charge in [0.05, 0.1) is 11.7 Å². The average molecular weight is 265 g/mol. The van der Waals surface area contributed by atoms with Crippen molar-refractivity contribution >= 4 is 0 Å². The molecule has 2 N–H and O–H groups in total. The standard InChI is InChI=1S/C15H15N5/c1-11(16)15-17-18-19-20(15)14-10-6-5-9-13(14)12-7-3-2-4-8-12/h2-11H,16H2,1H3. The Hall–Kier alpha value is -2.53. The Bertz CT molecular complexity index is 703. The number of nitrogens with zero attached hydrogens (tertiary/aromatic N) is 4. The van der Waals surface area contributed by atoms with Crippen molar-refractivity contribution in [3.05, 3.63) is 60.4 Å². The van der Waals surface area contributed by atoms with Crippen LogP contribution >= 0.6 is 0 Å². The minimum atomic E-state index is -0.228. The highest BCUT2D eigenvalue weighted by molar-refractivity contribution is 5.72. The van der Waals surface area contributed by atoms with Gasteiger partial charge in [-0.25, -0.2) is 0 Å². The first-order valence-electron chi connectivity index (χ1n) is 6.46. The van der Waals surface area contributed by atoms with Crippen LogP contribution in [0, 0.1) is 0 Å². The highest BCUT2D eigenvalue weighted by Gasteiger charge is 2.15. The fourth-order valence-corrected chi connectivity index (χ4v) is 2.17. The molecule has 0 spiro atoms. The summed E-state index contributed by atoms with van der Waals surface area (Å²) < 4.78 is 1.70. The van der Waals surface area contributed by atoms with Gasteiger partial charge in [0.1, 0.15) is 0 Å². The van der Waals surface area contributed by atoms with Gasteiger partial charge in [-0.1, -0.05) is 48.5 Å². The van der Waals surface area contributed by atoms with E-state index in [1.807, 2.05) is 43.3 Å². The first-order chi connectivity index (χ1) is 9.77. The molecule has 2 aromatic carbocycles. The van der Waals surface area contributed by atoms with Crippen molar-refractivity contribution in [3.63, 3.8) is 0 Å². The normalized spacial score (nSPS) is 12.3. The molecule has 0 aliphatic heterocycles.